The normalized spacial score (nSPS) is 17.3. The lowest BCUT2D eigenvalue weighted by atomic mass is 10.0. The number of anilines is 5. The van der Waals surface area contributed by atoms with Crippen molar-refractivity contribution in [3.8, 4) is 5.75 Å². The van der Waals surface area contributed by atoms with E-state index in [1.807, 2.05) is 12.1 Å². The highest BCUT2D eigenvalue weighted by Gasteiger charge is 2.27. The number of ether oxygens (including phenoxy) is 1. The van der Waals surface area contributed by atoms with Gasteiger partial charge in [-0.1, -0.05) is 12.1 Å². The molecule has 0 saturated carbocycles. The highest BCUT2D eigenvalue weighted by atomic mass is 32.2. The van der Waals surface area contributed by atoms with Crippen molar-refractivity contribution < 1.29 is 13.2 Å². The number of benzene rings is 2. The molecule has 6 rings (SSSR count). The molecule has 0 atom stereocenters. The van der Waals surface area contributed by atoms with Gasteiger partial charge in [-0.05, 0) is 64.1 Å². The van der Waals surface area contributed by atoms with Crippen molar-refractivity contribution in [2.75, 3.05) is 69.0 Å². The Morgan fingerprint density at radius 2 is 1.68 bits per heavy atom. The van der Waals surface area contributed by atoms with Gasteiger partial charge in [0.05, 0.1) is 34.0 Å². The molecule has 11 nitrogen and oxygen atoms in total. The average molecular weight is 619 g/mol. The van der Waals surface area contributed by atoms with Gasteiger partial charge in [0.2, 0.25) is 5.95 Å². The molecule has 2 saturated heterocycles. The predicted molar refractivity (Wildman–Crippen MR) is 177 cm³/mol. The van der Waals surface area contributed by atoms with E-state index in [4.69, 9.17) is 9.72 Å². The summed E-state index contributed by atoms with van der Waals surface area (Å²) in [6, 6.07) is 15.6. The molecule has 2 aliphatic rings. The van der Waals surface area contributed by atoms with Gasteiger partial charge in [0.15, 0.2) is 9.84 Å². The van der Waals surface area contributed by atoms with Crippen LogP contribution < -0.4 is 20.3 Å². The zero-order chi connectivity index (χ0) is 30.8. The van der Waals surface area contributed by atoms with E-state index in [9.17, 15) is 8.42 Å². The summed E-state index contributed by atoms with van der Waals surface area (Å²) in [6.07, 6.45) is 4.11. The maximum atomic E-state index is 13.1. The number of likely N-dealkylation sites (N-methyl/N-ethyl adjacent to an activating group) is 1. The van der Waals surface area contributed by atoms with Gasteiger partial charge >= 0.3 is 0 Å². The predicted octanol–water partition coefficient (Wildman–Crippen LogP) is 4.85. The fourth-order valence-corrected chi connectivity index (χ4v) is 7.27. The Morgan fingerprint density at radius 1 is 0.932 bits per heavy atom. The summed E-state index contributed by atoms with van der Waals surface area (Å²) in [5.41, 5.74) is 2.96. The molecule has 44 heavy (non-hydrogen) atoms. The van der Waals surface area contributed by atoms with Gasteiger partial charge < -0.3 is 30.2 Å². The number of hydrogen-bond acceptors (Lipinski definition) is 10. The van der Waals surface area contributed by atoms with Crippen LogP contribution in [0.15, 0.2) is 59.6 Å². The maximum absolute atomic E-state index is 13.1. The lowest BCUT2D eigenvalue weighted by molar-refractivity contribution is 0.0982. The molecule has 4 heterocycles. The van der Waals surface area contributed by atoms with Crippen molar-refractivity contribution in [2.45, 2.75) is 42.9 Å². The topological polar surface area (TPSA) is 119 Å². The SMILES string of the molecule is COc1cc(N2CCC(N3CCN(C)CC3)CC2)ccc1Nc1nc(Nc2ccccc2S(=O)(=O)C(C)C)c2cc[nH]c2n1. The standard InChI is InChI=1S/C32H42N8O3S/c1-22(2)44(41,42)29-8-6-5-7-27(29)34-31-25-11-14-33-30(25)36-32(37-31)35-26-10-9-24(21-28(26)43-4)39-15-12-23(13-16-39)40-19-17-38(3)18-20-40/h5-11,14,21-23H,12-13,15-20H2,1-4H3,(H3,33,34,35,36,37). The van der Waals surface area contributed by atoms with Crippen LogP contribution in [0, 0.1) is 0 Å². The molecule has 12 heteroatoms. The Balaban J connectivity index is 1.20. The van der Waals surface area contributed by atoms with Gasteiger partial charge in [-0.3, -0.25) is 4.90 Å². The summed E-state index contributed by atoms with van der Waals surface area (Å²) in [6.45, 7) is 10.0. The number of methoxy groups -OCH3 is 1. The summed E-state index contributed by atoms with van der Waals surface area (Å²) in [5, 5.41) is 6.78. The fraction of sp³-hybridized carbons (Fsp3) is 0.438. The van der Waals surface area contributed by atoms with Gasteiger partial charge in [-0.2, -0.15) is 9.97 Å². The first kappa shape index (κ1) is 30.2. The first-order chi connectivity index (χ1) is 21.2. The zero-order valence-corrected chi connectivity index (χ0v) is 26.7. The summed E-state index contributed by atoms with van der Waals surface area (Å²) in [5.74, 6) is 1.54. The number of aromatic nitrogens is 3. The number of nitrogens with zero attached hydrogens (tertiary/aromatic N) is 5. The molecule has 234 valence electrons. The molecule has 0 spiro atoms. The molecular weight excluding hydrogens is 576 g/mol. The third kappa shape index (κ3) is 6.19. The smallest absolute Gasteiger partial charge is 0.231 e. The number of sulfone groups is 1. The van der Waals surface area contributed by atoms with Gasteiger partial charge in [-0.15, -0.1) is 0 Å². The van der Waals surface area contributed by atoms with Crippen molar-refractivity contribution in [1.82, 2.24) is 24.8 Å². The van der Waals surface area contributed by atoms with Crippen LogP contribution in [-0.2, 0) is 9.84 Å². The van der Waals surface area contributed by atoms with Crippen LogP contribution in [0.3, 0.4) is 0 Å². The molecule has 2 fully saturated rings. The summed E-state index contributed by atoms with van der Waals surface area (Å²) >= 11 is 0. The van der Waals surface area contributed by atoms with Gasteiger partial charge in [0, 0.05) is 63.3 Å². The molecule has 0 aliphatic carbocycles. The molecule has 0 bridgehead atoms. The molecule has 2 aromatic heterocycles. The fourth-order valence-electron chi connectivity index (χ4n) is 6.07. The third-order valence-electron chi connectivity index (χ3n) is 8.80. The number of para-hydroxylation sites is 1. The second-order valence-electron chi connectivity index (χ2n) is 11.9. The Labute approximate surface area is 259 Å². The Bertz CT molecular complexity index is 1710. The summed E-state index contributed by atoms with van der Waals surface area (Å²) in [7, 11) is 0.354. The van der Waals surface area contributed by atoms with E-state index in [-0.39, 0.29) is 4.90 Å². The second kappa shape index (κ2) is 12.6. The largest absolute Gasteiger partial charge is 0.494 e. The Morgan fingerprint density at radius 3 is 2.41 bits per heavy atom. The van der Waals surface area contributed by atoms with Crippen LogP contribution in [0.4, 0.5) is 28.8 Å². The van der Waals surface area contributed by atoms with Crippen LogP contribution in [0.5, 0.6) is 5.75 Å². The lowest BCUT2D eigenvalue weighted by Crippen LogP contribution is -2.52. The number of piperazine rings is 1. The van der Waals surface area contributed by atoms with Crippen LogP contribution >= 0.6 is 0 Å². The highest BCUT2D eigenvalue weighted by molar-refractivity contribution is 7.92. The van der Waals surface area contributed by atoms with Gasteiger partial charge in [-0.25, -0.2) is 8.42 Å². The number of piperidine rings is 1. The Hall–Kier alpha value is -3.87. The molecule has 0 radical (unpaired) electrons. The molecule has 0 amide bonds. The van der Waals surface area contributed by atoms with Crippen molar-refractivity contribution in [3.05, 3.63) is 54.7 Å². The minimum atomic E-state index is -3.51. The minimum absolute atomic E-state index is 0.233. The molecular formula is C32H42N8O3S. The summed E-state index contributed by atoms with van der Waals surface area (Å²) in [4.78, 5) is 20.3. The number of aromatic amines is 1. The zero-order valence-electron chi connectivity index (χ0n) is 25.9. The van der Waals surface area contributed by atoms with E-state index in [2.05, 4.69) is 54.5 Å². The van der Waals surface area contributed by atoms with Crippen LogP contribution in [-0.4, -0.2) is 97.9 Å². The first-order valence-corrected chi connectivity index (χ1v) is 16.8. The highest BCUT2D eigenvalue weighted by Crippen LogP contribution is 2.35. The number of hydrogen-bond donors (Lipinski definition) is 3. The molecule has 2 aromatic carbocycles. The van der Waals surface area contributed by atoms with Crippen molar-refractivity contribution in [2.24, 2.45) is 0 Å². The lowest BCUT2D eigenvalue weighted by Gasteiger charge is -2.42. The maximum Gasteiger partial charge on any atom is 0.231 e. The number of H-pyrrole nitrogens is 1. The molecule has 4 aromatic rings. The quantitative estimate of drug-likeness (QED) is 0.240. The van der Waals surface area contributed by atoms with E-state index in [1.165, 1.54) is 0 Å². The minimum Gasteiger partial charge on any atom is -0.494 e. The van der Waals surface area contributed by atoms with E-state index in [0.29, 0.717) is 34.9 Å². The van der Waals surface area contributed by atoms with Gasteiger partial charge in [0.1, 0.15) is 17.2 Å². The van der Waals surface area contributed by atoms with E-state index in [1.54, 1.807) is 51.4 Å². The average Bonchev–Trinajstić information content (AvgIpc) is 3.51. The second-order valence-corrected chi connectivity index (χ2v) is 14.4. The number of rotatable bonds is 9. The van der Waals surface area contributed by atoms with Crippen LogP contribution in [0.2, 0.25) is 0 Å². The summed E-state index contributed by atoms with van der Waals surface area (Å²) < 4.78 is 31.9. The van der Waals surface area contributed by atoms with Gasteiger partial charge in [0.25, 0.3) is 0 Å². The van der Waals surface area contributed by atoms with E-state index < -0.39 is 15.1 Å². The molecule has 0 unspecified atom stereocenters. The monoisotopic (exact) mass is 618 g/mol. The van der Waals surface area contributed by atoms with Crippen molar-refractivity contribution in [3.63, 3.8) is 0 Å². The van der Waals surface area contributed by atoms with Crippen LogP contribution in [0.25, 0.3) is 11.0 Å². The number of fused-ring (bicyclic) bond motifs is 1. The van der Waals surface area contributed by atoms with Crippen LogP contribution in [0.1, 0.15) is 26.7 Å². The van der Waals surface area contributed by atoms with Crippen molar-refractivity contribution >= 4 is 49.7 Å². The third-order valence-corrected chi connectivity index (χ3v) is 11.0. The van der Waals surface area contributed by atoms with E-state index in [0.717, 1.165) is 68.9 Å². The Kier molecular flexibility index (Phi) is 8.66. The molecule has 2 aliphatic heterocycles. The van der Waals surface area contributed by atoms with E-state index >= 15 is 0 Å². The van der Waals surface area contributed by atoms with Crippen molar-refractivity contribution in [1.29, 1.82) is 0 Å². The molecule has 3 N–H and O–H groups in total. The first-order valence-electron chi connectivity index (χ1n) is 15.3. The number of nitrogens with one attached hydrogen (secondary N) is 3.